The molecule has 0 aromatic carbocycles. The molecule has 1 atom stereocenters. The summed E-state index contributed by atoms with van der Waals surface area (Å²) in [5.74, 6) is -0.239. The van der Waals surface area contributed by atoms with Crippen LogP contribution in [0.5, 0.6) is 0 Å². The van der Waals surface area contributed by atoms with Gasteiger partial charge in [-0.15, -0.1) is 0 Å². The van der Waals surface area contributed by atoms with Crippen molar-refractivity contribution in [1.29, 1.82) is 0 Å². The molecule has 1 fully saturated rings. The molecule has 1 amide bonds. The number of rotatable bonds is 3. The van der Waals surface area contributed by atoms with E-state index in [2.05, 4.69) is 4.90 Å². The molecule has 4 nitrogen and oxygen atoms in total. The lowest BCUT2D eigenvalue weighted by molar-refractivity contribution is -0.132. The number of morpholine rings is 1. The van der Waals surface area contributed by atoms with E-state index in [-0.39, 0.29) is 5.91 Å². The molecule has 0 radical (unpaired) electrons. The first-order chi connectivity index (χ1) is 6.11. The molecule has 76 valence electrons. The summed E-state index contributed by atoms with van der Waals surface area (Å²) >= 11 is 0. The summed E-state index contributed by atoms with van der Waals surface area (Å²) in [6, 6.07) is 0. The lowest BCUT2D eigenvalue weighted by Gasteiger charge is -2.40. The molecule has 0 saturated carbocycles. The van der Waals surface area contributed by atoms with Crippen LogP contribution in [-0.2, 0) is 9.53 Å². The van der Waals surface area contributed by atoms with Gasteiger partial charge in [0.1, 0.15) is 0 Å². The first-order valence-electron chi connectivity index (χ1n) is 4.74. The van der Waals surface area contributed by atoms with Crippen LogP contribution in [0.15, 0.2) is 0 Å². The smallest absolute Gasteiger partial charge is 0.237 e. The molecule has 1 unspecified atom stereocenters. The topological polar surface area (TPSA) is 55.6 Å². The van der Waals surface area contributed by atoms with Gasteiger partial charge in [0.15, 0.2) is 0 Å². The molecule has 0 aliphatic carbocycles. The zero-order chi connectivity index (χ0) is 9.90. The number of amides is 1. The van der Waals surface area contributed by atoms with Gasteiger partial charge in [0.2, 0.25) is 5.91 Å². The van der Waals surface area contributed by atoms with E-state index in [1.807, 2.05) is 13.8 Å². The predicted octanol–water partition coefficient (Wildman–Crippen LogP) is -0.0274. The molecule has 0 spiro atoms. The van der Waals surface area contributed by atoms with Gasteiger partial charge in [0.25, 0.3) is 0 Å². The number of carbonyl (C=O) groups is 1. The maximum atomic E-state index is 11.3. The quantitative estimate of drug-likeness (QED) is 0.673. The van der Waals surface area contributed by atoms with Gasteiger partial charge in [-0.1, -0.05) is 6.92 Å². The van der Waals surface area contributed by atoms with Crippen molar-refractivity contribution in [1.82, 2.24) is 4.90 Å². The maximum Gasteiger partial charge on any atom is 0.237 e. The van der Waals surface area contributed by atoms with Gasteiger partial charge in [0.05, 0.1) is 18.8 Å². The van der Waals surface area contributed by atoms with Crippen LogP contribution in [0.3, 0.4) is 0 Å². The second kappa shape index (κ2) is 4.07. The lowest BCUT2D eigenvalue weighted by Crippen LogP contribution is -2.58. The molecule has 13 heavy (non-hydrogen) atoms. The Hall–Kier alpha value is -0.610. The van der Waals surface area contributed by atoms with Crippen molar-refractivity contribution >= 4 is 5.91 Å². The van der Waals surface area contributed by atoms with E-state index in [1.165, 1.54) is 0 Å². The highest BCUT2D eigenvalue weighted by Gasteiger charge is 2.36. The van der Waals surface area contributed by atoms with Crippen LogP contribution in [0, 0.1) is 0 Å². The molecule has 1 aliphatic rings. The second-order valence-electron chi connectivity index (χ2n) is 3.59. The van der Waals surface area contributed by atoms with E-state index in [9.17, 15) is 4.79 Å². The monoisotopic (exact) mass is 186 g/mol. The van der Waals surface area contributed by atoms with Crippen LogP contribution in [0.2, 0.25) is 0 Å². The molecule has 0 aromatic rings. The average Bonchev–Trinajstić information content (AvgIpc) is 2.17. The summed E-state index contributed by atoms with van der Waals surface area (Å²) in [4.78, 5) is 13.4. The molecule has 0 aromatic heterocycles. The SMILES string of the molecule is CCC(C)(C(N)=O)N1CCOCC1. The van der Waals surface area contributed by atoms with Gasteiger partial charge in [-0.2, -0.15) is 0 Å². The number of hydrogen-bond donors (Lipinski definition) is 1. The van der Waals surface area contributed by atoms with Crippen LogP contribution in [0.4, 0.5) is 0 Å². The van der Waals surface area contributed by atoms with Crippen molar-refractivity contribution in [2.45, 2.75) is 25.8 Å². The molecular weight excluding hydrogens is 168 g/mol. The van der Waals surface area contributed by atoms with Crippen molar-refractivity contribution in [3.63, 3.8) is 0 Å². The number of hydrogen-bond acceptors (Lipinski definition) is 3. The average molecular weight is 186 g/mol. The summed E-state index contributed by atoms with van der Waals surface area (Å²) in [5, 5.41) is 0. The van der Waals surface area contributed by atoms with Crippen LogP contribution in [-0.4, -0.2) is 42.6 Å². The van der Waals surface area contributed by atoms with Crippen molar-refractivity contribution in [2.75, 3.05) is 26.3 Å². The van der Waals surface area contributed by atoms with E-state index >= 15 is 0 Å². The predicted molar refractivity (Wildman–Crippen MR) is 50.3 cm³/mol. The Morgan fingerprint density at radius 1 is 1.54 bits per heavy atom. The number of carbonyl (C=O) groups excluding carboxylic acids is 1. The Morgan fingerprint density at radius 3 is 2.46 bits per heavy atom. The molecule has 1 rings (SSSR count). The van der Waals surface area contributed by atoms with E-state index in [4.69, 9.17) is 10.5 Å². The van der Waals surface area contributed by atoms with E-state index < -0.39 is 5.54 Å². The summed E-state index contributed by atoms with van der Waals surface area (Å²) in [7, 11) is 0. The van der Waals surface area contributed by atoms with Crippen molar-refractivity contribution in [2.24, 2.45) is 5.73 Å². The van der Waals surface area contributed by atoms with Crippen LogP contribution < -0.4 is 5.73 Å². The summed E-state index contributed by atoms with van der Waals surface area (Å²) in [6.45, 7) is 6.88. The van der Waals surface area contributed by atoms with Gasteiger partial charge in [0, 0.05) is 13.1 Å². The Labute approximate surface area is 79.0 Å². The summed E-state index contributed by atoms with van der Waals surface area (Å²) < 4.78 is 5.23. The van der Waals surface area contributed by atoms with Gasteiger partial charge >= 0.3 is 0 Å². The Bertz CT molecular complexity index is 190. The zero-order valence-corrected chi connectivity index (χ0v) is 8.38. The highest BCUT2D eigenvalue weighted by molar-refractivity contribution is 5.84. The minimum absolute atomic E-state index is 0.239. The van der Waals surface area contributed by atoms with Crippen molar-refractivity contribution in [3.8, 4) is 0 Å². The number of primary amides is 1. The van der Waals surface area contributed by atoms with E-state index in [1.54, 1.807) is 0 Å². The summed E-state index contributed by atoms with van der Waals surface area (Å²) in [5.41, 5.74) is 4.89. The Morgan fingerprint density at radius 2 is 2.08 bits per heavy atom. The van der Waals surface area contributed by atoms with Crippen molar-refractivity contribution in [3.05, 3.63) is 0 Å². The largest absolute Gasteiger partial charge is 0.379 e. The maximum absolute atomic E-state index is 11.3. The summed E-state index contributed by atoms with van der Waals surface area (Å²) in [6.07, 6.45) is 0.752. The van der Waals surface area contributed by atoms with Crippen LogP contribution in [0.1, 0.15) is 20.3 Å². The minimum Gasteiger partial charge on any atom is -0.379 e. The fourth-order valence-electron chi connectivity index (χ4n) is 1.61. The fourth-order valence-corrected chi connectivity index (χ4v) is 1.61. The van der Waals surface area contributed by atoms with Gasteiger partial charge in [-0.25, -0.2) is 0 Å². The van der Waals surface area contributed by atoms with E-state index in [0.29, 0.717) is 13.2 Å². The molecule has 2 N–H and O–H groups in total. The third kappa shape index (κ3) is 2.00. The molecular formula is C9H18N2O2. The lowest BCUT2D eigenvalue weighted by atomic mass is 9.95. The third-order valence-electron chi connectivity index (χ3n) is 2.93. The van der Waals surface area contributed by atoms with Gasteiger partial charge in [-0.05, 0) is 13.3 Å². The molecule has 1 saturated heterocycles. The van der Waals surface area contributed by atoms with E-state index in [0.717, 1.165) is 19.5 Å². The Kier molecular flexibility index (Phi) is 3.27. The normalized spacial score (nSPS) is 23.8. The first kappa shape index (κ1) is 10.5. The van der Waals surface area contributed by atoms with Crippen LogP contribution in [0.25, 0.3) is 0 Å². The van der Waals surface area contributed by atoms with Gasteiger partial charge < -0.3 is 10.5 Å². The Balaban J connectivity index is 2.68. The van der Waals surface area contributed by atoms with Crippen LogP contribution >= 0.6 is 0 Å². The molecule has 1 heterocycles. The van der Waals surface area contributed by atoms with Gasteiger partial charge in [-0.3, -0.25) is 9.69 Å². The minimum atomic E-state index is -0.496. The molecule has 4 heteroatoms. The first-order valence-corrected chi connectivity index (χ1v) is 4.74. The standard InChI is InChI=1S/C9H18N2O2/c1-3-9(2,8(10)12)11-4-6-13-7-5-11/h3-7H2,1-2H3,(H2,10,12). The highest BCUT2D eigenvalue weighted by Crippen LogP contribution is 2.19. The number of nitrogens with zero attached hydrogens (tertiary/aromatic N) is 1. The fraction of sp³-hybridized carbons (Fsp3) is 0.889. The molecule has 0 bridgehead atoms. The number of ether oxygens (including phenoxy) is 1. The number of nitrogens with two attached hydrogens (primary N) is 1. The molecule has 1 aliphatic heterocycles. The zero-order valence-electron chi connectivity index (χ0n) is 8.38. The third-order valence-corrected chi connectivity index (χ3v) is 2.93. The highest BCUT2D eigenvalue weighted by atomic mass is 16.5. The second-order valence-corrected chi connectivity index (χ2v) is 3.59. The van der Waals surface area contributed by atoms with Crippen molar-refractivity contribution < 1.29 is 9.53 Å².